The zero-order valence-electron chi connectivity index (χ0n) is 26.8. The predicted octanol–water partition coefficient (Wildman–Crippen LogP) is 4.10. The van der Waals surface area contributed by atoms with Crippen LogP contribution in [-0.2, 0) is 25.8 Å². The molecule has 3 aliphatic heterocycles. The van der Waals surface area contributed by atoms with Gasteiger partial charge in [-0.05, 0) is 36.2 Å². The van der Waals surface area contributed by atoms with Crippen LogP contribution in [0.5, 0.6) is 0 Å². The molecule has 0 aliphatic carbocycles. The van der Waals surface area contributed by atoms with E-state index in [4.69, 9.17) is 4.74 Å². The number of likely N-dealkylation sites (tertiary alicyclic amines) is 1. The highest BCUT2D eigenvalue weighted by molar-refractivity contribution is 9.09. The van der Waals surface area contributed by atoms with Crippen molar-refractivity contribution >= 4 is 50.4 Å². The number of aliphatic hydroxyl groups is 1. The first-order chi connectivity index (χ1) is 23.8. The summed E-state index contributed by atoms with van der Waals surface area (Å²) in [6.45, 7) is 7.73. The molecule has 0 saturated carbocycles. The topological polar surface area (TPSA) is 121 Å². The first-order valence-electron chi connectivity index (χ1n) is 16.3. The van der Waals surface area contributed by atoms with Crippen molar-refractivity contribution in [3.8, 4) is 0 Å². The largest absolute Gasteiger partial charge is 0.394 e. The maximum atomic E-state index is 15.1. The van der Waals surface area contributed by atoms with Crippen LogP contribution in [0.2, 0.25) is 0 Å². The number of aliphatic hydroxyl groups excluding tert-OH is 1. The maximum Gasteiger partial charge on any atom is 0.250 e. The Morgan fingerprint density at radius 2 is 1.67 bits per heavy atom. The van der Waals surface area contributed by atoms with Gasteiger partial charge in [0.2, 0.25) is 17.7 Å². The molecule has 2 bridgehead atoms. The molecule has 3 fully saturated rings. The second-order valence-corrected chi connectivity index (χ2v) is 13.8. The fraction of sp³-hybridized carbons (Fsp3) is 0.324. The van der Waals surface area contributed by atoms with Crippen LogP contribution < -0.4 is 4.90 Å². The minimum absolute atomic E-state index is 0.0322. The number of alkyl halides is 1. The molecule has 7 atom stereocenters. The molecule has 1 aromatic heterocycles. The van der Waals surface area contributed by atoms with E-state index in [0.29, 0.717) is 23.2 Å². The van der Waals surface area contributed by atoms with Gasteiger partial charge in [-0.15, -0.1) is 18.3 Å². The summed E-state index contributed by atoms with van der Waals surface area (Å²) in [5.74, 6) is -2.96. The van der Waals surface area contributed by atoms with E-state index in [1.54, 1.807) is 26.6 Å². The van der Waals surface area contributed by atoms with Crippen molar-refractivity contribution in [3.05, 3.63) is 116 Å². The summed E-state index contributed by atoms with van der Waals surface area (Å²) in [5.41, 5.74) is 1.40. The van der Waals surface area contributed by atoms with Gasteiger partial charge < -0.3 is 24.5 Å². The maximum absolute atomic E-state index is 15.1. The minimum atomic E-state index is -1.35. The summed E-state index contributed by atoms with van der Waals surface area (Å²) in [6.07, 6.45) is 2.92. The molecule has 11 nitrogen and oxygen atoms in total. The fourth-order valence-electron chi connectivity index (χ4n) is 7.96. The third-order valence-electron chi connectivity index (χ3n) is 9.97. The van der Waals surface area contributed by atoms with Crippen molar-refractivity contribution in [3.63, 3.8) is 0 Å². The van der Waals surface area contributed by atoms with Gasteiger partial charge in [-0.25, -0.2) is 4.68 Å². The number of para-hydroxylation sites is 2. The van der Waals surface area contributed by atoms with Crippen molar-refractivity contribution in [2.75, 3.05) is 24.6 Å². The number of hydrogen-bond donors (Lipinski definition) is 1. The van der Waals surface area contributed by atoms with E-state index in [1.807, 2.05) is 84.9 Å². The van der Waals surface area contributed by atoms with Crippen molar-refractivity contribution < 1.29 is 24.2 Å². The number of carbonyl (C=O) groups is 3. The fourth-order valence-corrected chi connectivity index (χ4v) is 8.91. The van der Waals surface area contributed by atoms with E-state index in [0.717, 1.165) is 5.52 Å². The second kappa shape index (κ2) is 13.3. The summed E-state index contributed by atoms with van der Waals surface area (Å²) in [6, 6.07) is 23.8. The summed E-state index contributed by atoms with van der Waals surface area (Å²) >= 11 is 3.78. The Morgan fingerprint density at radius 1 is 1.00 bits per heavy atom. The van der Waals surface area contributed by atoms with Gasteiger partial charge in [0.25, 0.3) is 0 Å². The molecule has 252 valence electrons. The Hall–Kier alpha value is -4.65. The Kier molecular flexibility index (Phi) is 8.95. The molecule has 3 aliphatic rings. The lowest BCUT2D eigenvalue weighted by Gasteiger charge is -2.39. The first kappa shape index (κ1) is 32.9. The number of ether oxygens (including phenoxy) is 1. The van der Waals surface area contributed by atoms with Gasteiger partial charge in [0.15, 0.2) is 0 Å². The highest BCUT2D eigenvalue weighted by Crippen LogP contribution is 2.61. The standard InChI is InChI=1S/C37H37BrN6O5/c1-3-19-41(23-43-28-18-12-11-17-27(28)39-40-43)36(48)33-37-21-26(38)32(49-37)30(34(46)42(20-4-2)25-15-9-6-10-16-25)31(37)35(47)44(33)29(22-45)24-13-7-5-8-14-24/h3-18,26,29-33,45H,1-2,19-23H2/t26?,29-,30+,31+,32+,33?,37?/m1/s1. The zero-order chi connectivity index (χ0) is 34.3. The number of benzene rings is 3. The van der Waals surface area contributed by atoms with Crippen LogP contribution in [-0.4, -0.2) is 89.9 Å². The van der Waals surface area contributed by atoms with Crippen LogP contribution in [0.25, 0.3) is 11.0 Å². The molecule has 3 aromatic carbocycles. The molecule has 4 aromatic rings. The quantitative estimate of drug-likeness (QED) is 0.173. The van der Waals surface area contributed by atoms with E-state index in [9.17, 15) is 14.7 Å². The van der Waals surface area contributed by atoms with Gasteiger partial charge in [0.05, 0.1) is 36.1 Å². The molecule has 3 amide bonds. The monoisotopic (exact) mass is 724 g/mol. The van der Waals surface area contributed by atoms with Crippen LogP contribution in [0.15, 0.2) is 110 Å². The van der Waals surface area contributed by atoms with Crippen molar-refractivity contribution in [1.82, 2.24) is 24.8 Å². The SMILES string of the molecule is C=CCN(Cn1nnc2ccccc21)C(=O)C1N([C@H](CO)c2ccccc2)C(=O)[C@@H]2[C@H](C(=O)N(CC=C)c3ccccc3)[C@H]3OC12CC3Br. The van der Waals surface area contributed by atoms with Gasteiger partial charge in [-0.1, -0.05) is 94.0 Å². The Morgan fingerprint density at radius 3 is 2.37 bits per heavy atom. The third-order valence-corrected chi connectivity index (χ3v) is 10.8. The minimum Gasteiger partial charge on any atom is -0.394 e. The van der Waals surface area contributed by atoms with E-state index < -0.39 is 54.0 Å². The van der Waals surface area contributed by atoms with Crippen LogP contribution in [0, 0.1) is 11.8 Å². The lowest BCUT2D eigenvalue weighted by atomic mass is 9.70. The Balaban J connectivity index is 1.34. The van der Waals surface area contributed by atoms with E-state index in [-0.39, 0.29) is 30.5 Å². The first-order valence-corrected chi connectivity index (χ1v) is 17.2. The summed E-state index contributed by atoms with van der Waals surface area (Å²) in [5, 5.41) is 19.5. The Bertz CT molecular complexity index is 1890. The molecule has 49 heavy (non-hydrogen) atoms. The van der Waals surface area contributed by atoms with E-state index >= 15 is 4.79 Å². The van der Waals surface area contributed by atoms with Crippen LogP contribution >= 0.6 is 15.9 Å². The lowest BCUT2D eigenvalue weighted by Crippen LogP contribution is -2.57. The van der Waals surface area contributed by atoms with Crippen LogP contribution in [0.1, 0.15) is 18.0 Å². The number of nitrogens with zero attached hydrogens (tertiary/aromatic N) is 6. The normalized spacial score (nSPS) is 26.0. The number of carbonyl (C=O) groups excluding carboxylic acids is 3. The van der Waals surface area contributed by atoms with Crippen molar-refractivity contribution in [2.45, 2.75) is 41.7 Å². The molecular formula is C37H37BrN6O5. The molecule has 1 spiro atoms. The molecule has 4 heterocycles. The highest BCUT2D eigenvalue weighted by atomic mass is 79.9. The van der Waals surface area contributed by atoms with E-state index in [2.05, 4.69) is 39.4 Å². The number of hydrogen-bond acceptors (Lipinski definition) is 7. The average Bonchev–Trinajstić information content (AvgIpc) is 3.85. The number of amides is 3. The van der Waals surface area contributed by atoms with Gasteiger partial charge in [0.1, 0.15) is 23.8 Å². The smallest absolute Gasteiger partial charge is 0.250 e. The molecule has 12 heteroatoms. The van der Waals surface area contributed by atoms with Crippen molar-refractivity contribution in [2.24, 2.45) is 11.8 Å². The van der Waals surface area contributed by atoms with Crippen LogP contribution in [0.4, 0.5) is 5.69 Å². The third kappa shape index (κ3) is 5.38. The summed E-state index contributed by atoms with van der Waals surface area (Å²) < 4.78 is 8.45. The Labute approximate surface area is 292 Å². The summed E-state index contributed by atoms with van der Waals surface area (Å²) in [7, 11) is 0. The molecular weight excluding hydrogens is 688 g/mol. The van der Waals surface area contributed by atoms with Crippen LogP contribution in [0.3, 0.4) is 0 Å². The van der Waals surface area contributed by atoms with Crippen molar-refractivity contribution in [1.29, 1.82) is 0 Å². The zero-order valence-corrected chi connectivity index (χ0v) is 28.4. The molecule has 7 rings (SSSR count). The predicted molar refractivity (Wildman–Crippen MR) is 187 cm³/mol. The number of halogens is 1. The molecule has 1 N–H and O–H groups in total. The number of anilines is 1. The molecule has 0 radical (unpaired) electrons. The summed E-state index contributed by atoms with van der Waals surface area (Å²) in [4.78, 5) is 49.1. The van der Waals surface area contributed by atoms with E-state index in [1.165, 1.54) is 4.90 Å². The molecule has 3 unspecified atom stereocenters. The average molecular weight is 726 g/mol. The van der Waals surface area contributed by atoms with Gasteiger partial charge >= 0.3 is 0 Å². The number of rotatable bonds is 12. The van der Waals surface area contributed by atoms with Gasteiger partial charge in [-0.2, -0.15) is 0 Å². The number of aromatic nitrogens is 3. The molecule has 3 saturated heterocycles. The lowest BCUT2D eigenvalue weighted by molar-refractivity contribution is -0.152. The second-order valence-electron chi connectivity index (χ2n) is 12.7. The van der Waals surface area contributed by atoms with Gasteiger partial charge in [0, 0.05) is 23.6 Å². The van der Waals surface area contributed by atoms with Gasteiger partial charge in [-0.3, -0.25) is 14.4 Å². The highest BCUT2D eigenvalue weighted by Gasteiger charge is 2.77. The number of fused-ring (bicyclic) bond motifs is 2.